The predicted octanol–water partition coefficient (Wildman–Crippen LogP) is 4.07. The van der Waals surface area contributed by atoms with Gasteiger partial charge in [-0.25, -0.2) is 9.97 Å². The van der Waals surface area contributed by atoms with E-state index >= 15 is 0 Å². The molecule has 0 aliphatic heterocycles. The first-order valence-corrected chi connectivity index (χ1v) is 8.22. The van der Waals surface area contributed by atoms with E-state index in [0.717, 1.165) is 53.2 Å². The Balaban J connectivity index is 2.20. The highest BCUT2D eigenvalue weighted by Gasteiger charge is 2.10. The number of hydrogen-bond donors (Lipinski definition) is 1. The molecule has 0 amide bonds. The molecule has 1 aromatic heterocycles. The van der Waals surface area contributed by atoms with Gasteiger partial charge in [0.25, 0.3) is 0 Å². The van der Waals surface area contributed by atoms with Gasteiger partial charge in [-0.1, -0.05) is 35.0 Å². The predicted molar refractivity (Wildman–Crippen MR) is 91.5 cm³/mol. The molecule has 1 aromatic carbocycles. The number of halogens is 1. The zero-order valence-corrected chi connectivity index (χ0v) is 14.5. The number of benzene rings is 1. The van der Waals surface area contributed by atoms with Crippen LogP contribution >= 0.6 is 15.9 Å². The molecule has 4 heteroatoms. The molecular weight excluding hydrogens is 326 g/mol. The summed E-state index contributed by atoms with van der Waals surface area (Å²) in [5, 5.41) is 3.43. The van der Waals surface area contributed by atoms with Crippen molar-refractivity contribution in [2.24, 2.45) is 0 Å². The second-order valence-electron chi connectivity index (χ2n) is 5.21. The summed E-state index contributed by atoms with van der Waals surface area (Å²) in [6.07, 6.45) is 2.15. The largest absolute Gasteiger partial charge is 0.316 e. The van der Waals surface area contributed by atoms with Crippen molar-refractivity contribution < 1.29 is 0 Å². The summed E-state index contributed by atoms with van der Waals surface area (Å²) < 4.78 is 1.05. The van der Waals surface area contributed by atoms with Crippen molar-refractivity contribution in [1.82, 2.24) is 15.3 Å². The second-order valence-corrected chi connectivity index (χ2v) is 6.12. The van der Waals surface area contributed by atoms with Crippen LogP contribution in [0.3, 0.4) is 0 Å². The Labute approximate surface area is 135 Å². The molecule has 0 atom stereocenters. The Morgan fingerprint density at radius 1 is 1.10 bits per heavy atom. The lowest BCUT2D eigenvalue weighted by Crippen LogP contribution is -2.19. The van der Waals surface area contributed by atoms with E-state index in [1.807, 2.05) is 18.2 Å². The highest BCUT2D eigenvalue weighted by Crippen LogP contribution is 2.22. The van der Waals surface area contributed by atoms with Gasteiger partial charge >= 0.3 is 0 Å². The normalized spacial score (nSPS) is 10.9. The molecule has 1 heterocycles. The summed E-state index contributed by atoms with van der Waals surface area (Å²) in [7, 11) is 0. The van der Waals surface area contributed by atoms with Crippen LogP contribution in [0.15, 0.2) is 28.7 Å². The summed E-state index contributed by atoms with van der Waals surface area (Å²) in [5.74, 6) is 0.802. The van der Waals surface area contributed by atoms with Crippen LogP contribution in [0.4, 0.5) is 0 Å². The van der Waals surface area contributed by atoms with Gasteiger partial charge in [0, 0.05) is 21.4 Å². The first-order chi connectivity index (χ1) is 10.1. The minimum absolute atomic E-state index is 0.802. The van der Waals surface area contributed by atoms with E-state index in [4.69, 9.17) is 0 Å². The highest BCUT2D eigenvalue weighted by molar-refractivity contribution is 9.10. The average molecular weight is 348 g/mol. The van der Waals surface area contributed by atoms with Crippen LogP contribution in [0.25, 0.3) is 11.4 Å². The lowest BCUT2D eigenvalue weighted by Gasteiger charge is -2.11. The third-order valence-electron chi connectivity index (χ3n) is 3.48. The maximum absolute atomic E-state index is 4.68. The number of rotatable bonds is 6. The average Bonchev–Trinajstić information content (AvgIpc) is 2.45. The van der Waals surface area contributed by atoms with E-state index in [9.17, 15) is 0 Å². The molecule has 0 aliphatic rings. The molecule has 21 heavy (non-hydrogen) atoms. The molecular formula is C17H22BrN3. The number of nitrogens with zero attached hydrogens (tertiary/aromatic N) is 2. The summed E-state index contributed by atoms with van der Waals surface area (Å²) in [5.41, 5.74) is 4.47. The summed E-state index contributed by atoms with van der Waals surface area (Å²) in [4.78, 5) is 9.37. The molecule has 0 saturated carbocycles. The van der Waals surface area contributed by atoms with Crippen LogP contribution in [0.5, 0.6) is 0 Å². The van der Waals surface area contributed by atoms with Gasteiger partial charge in [-0.3, -0.25) is 0 Å². The Morgan fingerprint density at radius 3 is 2.43 bits per heavy atom. The van der Waals surface area contributed by atoms with Crippen molar-refractivity contribution in [3.63, 3.8) is 0 Å². The first kappa shape index (κ1) is 16.1. The molecule has 0 aliphatic carbocycles. The van der Waals surface area contributed by atoms with Crippen molar-refractivity contribution in [1.29, 1.82) is 0 Å². The SMILES string of the molecule is CCCNCCc1c(C)nc(-c2cccc(Br)c2)nc1C. The quantitative estimate of drug-likeness (QED) is 0.800. The maximum Gasteiger partial charge on any atom is 0.159 e. The minimum atomic E-state index is 0.802. The topological polar surface area (TPSA) is 37.8 Å². The van der Waals surface area contributed by atoms with E-state index in [-0.39, 0.29) is 0 Å². The van der Waals surface area contributed by atoms with Crippen molar-refractivity contribution in [3.05, 3.63) is 45.7 Å². The van der Waals surface area contributed by atoms with Crippen LogP contribution < -0.4 is 5.32 Å². The fraction of sp³-hybridized carbons (Fsp3) is 0.412. The van der Waals surface area contributed by atoms with Crippen molar-refractivity contribution in [3.8, 4) is 11.4 Å². The van der Waals surface area contributed by atoms with Crippen LogP contribution in [0.1, 0.15) is 30.3 Å². The molecule has 0 bridgehead atoms. The fourth-order valence-electron chi connectivity index (χ4n) is 2.37. The number of nitrogens with one attached hydrogen (secondary N) is 1. The molecule has 2 rings (SSSR count). The van der Waals surface area contributed by atoms with E-state index in [2.05, 4.69) is 58.1 Å². The molecule has 3 nitrogen and oxygen atoms in total. The van der Waals surface area contributed by atoms with E-state index < -0.39 is 0 Å². The monoisotopic (exact) mass is 347 g/mol. The Kier molecular flexibility index (Phi) is 5.88. The van der Waals surface area contributed by atoms with Gasteiger partial charge in [0.2, 0.25) is 0 Å². The van der Waals surface area contributed by atoms with Gasteiger partial charge < -0.3 is 5.32 Å². The lowest BCUT2D eigenvalue weighted by molar-refractivity contribution is 0.666. The van der Waals surface area contributed by atoms with Crippen molar-refractivity contribution in [2.75, 3.05) is 13.1 Å². The number of aromatic nitrogens is 2. The fourth-order valence-corrected chi connectivity index (χ4v) is 2.77. The van der Waals surface area contributed by atoms with Crippen LogP contribution in [-0.2, 0) is 6.42 Å². The highest BCUT2D eigenvalue weighted by atomic mass is 79.9. The lowest BCUT2D eigenvalue weighted by atomic mass is 10.1. The summed E-state index contributed by atoms with van der Waals surface area (Å²) >= 11 is 3.50. The Hall–Kier alpha value is -1.26. The molecule has 112 valence electrons. The molecule has 2 aromatic rings. The second kappa shape index (κ2) is 7.66. The Morgan fingerprint density at radius 2 is 1.81 bits per heavy atom. The number of hydrogen-bond acceptors (Lipinski definition) is 3. The molecule has 0 spiro atoms. The number of aryl methyl sites for hydroxylation is 2. The molecule has 1 N–H and O–H groups in total. The van der Waals surface area contributed by atoms with E-state index in [0.29, 0.717) is 0 Å². The smallest absolute Gasteiger partial charge is 0.159 e. The van der Waals surface area contributed by atoms with Gasteiger partial charge in [0.15, 0.2) is 5.82 Å². The van der Waals surface area contributed by atoms with Gasteiger partial charge in [-0.15, -0.1) is 0 Å². The van der Waals surface area contributed by atoms with Crippen molar-refractivity contribution in [2.45, 2.75) is 33.6 Å². The summed E-state index contributed by atoms with van der Waals surface area (Å²) in [6.45, 7) is 8.38. The minimum Gasteiger partial charge on any atom is -0.316 e. The summed E-state index contributed by atoms with van der Waals surface area (Å²) in [6, 6.07) is 8.12. The maximum atomic E-state index is 4.68. The van der Waals surface area contributed by atoms with Crippen LogP contribution in [0, 0.1) is 13.8 Å². The van der Waals surface area contributed by atoms with Crippen LogP contribution in [0.2, 0.25) is 0 Å². The molecule has 0 radical (unpaired) electrons. The first-order valence-electron chi connectivity index (χ1n) is 7.42. The standard InChI is InChI=1S/C17H22BrN3/c1-4-9-19-10-8-16-12(2)20-17(21-13(16)3)14-6-5-7-15(18)11-14/h5-7,11,19H,4,8-10H2,1-3H3. The third-order valence-corrected chi connectivity index (χ3v) is 3.98. The van der Waals surface area contributed by atoms with Gasteiger partial charge in [0.1, 0.15) is 0 Å². The zero-order chi connectivity index (χ0) is 15.2. The molecule has 0 saturated heterocycles. The van der Waals surface area contributed by atoms with Gasteiger partial charge in [-0.2, -0.15) is 0 Å². The van der Waals surface area contributed by atoms with E-state index in [1.165, 1.54) is 5.56 Å². The molecule has 0 fully saturated rings. The zero-order valence-electron chi connectivity index (χ0n) is 12.9. The van der Waals surface area contributed by atoms with E-state index in [1.54, 1.807) is 0 Å². The van der Waals surface area contributed by atoms with Crippen molar-refractivity contribution >= 4 is 15.9 Å². The van der Waals surface area contributed by atoms with Gasteiger partial charge in [-0.05, 0) is 57.5 Å². The van der Waals surface area contributed by atoms with Gasteiger partial charge in [0.05, 0.1) is 0 Å². The third kappa shape index (κ3) is 4.35. The Bertz CT molecular complexity index is 588. The van der Waals surface area contributed by atoms with Crippen LogP contribution in [-0.4, -0.2) is 23.1 Å². The molecule has 0 unspecified atom stereocenters.